The molecule has 1 aromatic rings. The largest absolute Gasteiger partial charge is 0.543 e. The van der Waals surface area contributed by atoms with Crippen molar-refractivity contribution in [2.24, 2.45) is 0 Å². The van der Waals surface area contributed by atoms with Crippen molar-refractivity contribution < 1.29 is 24.2 Å². The minimum absolute atomic E-state index is 0.150. The number of hydrogen-bond acceptors (Lipinski definition) is 5. The van der Waals surface area contributed by atoms with E-state index in [-0.39, 0.29) is 12.5 Å². The molecular formula is C12H9N2O5-. The number of fused-ring (bicyclic) bond motifs is 1. The van der Waals surface area contributed by atoms with E-state index in [2.05, 4.69) is 10.6 Å². The third-order valence-electron chi connectivity index (χ3n) is 2.84. The lowest BCUT2D eigenvalue weighted by Crippen LogP contribution is -2.46. The number of aliphatic carboxylic acids is 1. The Kier molecular flexibility index (Phi) is 2.52. The van der Waals surface area contributed by atoms with Gasteiger partial charge in [-0.15, -0.1) is 0 Å². The van der Waals surface area contributed by atoms with Gasteiger partial charge in [0.2, 0.25) is 6.79 Å². The van der Waals surface area contributed by atoms with Crippen molar-refractivity contribution in [2.45, 2.75) is 6.04 Å². The van der Waals surface area contributed by atoms with Gasteiger partial charge in [0.1, 0.15) is 0 Å². The Hall–Kier alpha value is -2.70. The second kappa shape index (κ2) is 4.20. The quantitative estimate of drug-likeness (QED) is 0.740. The van der Waals surface area contributed by atoms with Crippen molar-refractivity contribution in [3.63, 3.8) is 0 Å². The van der Waals surface area contributed by atoms with Crippen LogP contribution in [0.15, 0.2) is 30.0 Å². The van der Waals surface area contributed by atoms with E-state index in [1.807, 2.05) is 0 Å². The summed E-state index contributed by atoms with van der Waals surface area (Å²) in [4.78, 5) is 22.2. The summed E-state index contributed by atoms with van der Waals surface area (Å²) in [6.45, 7) is 0.150. The number of hydrogen-bond donors (Lipinski definition) is 2. The second-order valence-electron chi connectivity index (χ2n) is 4.06. The number of benzene rings is 1. The van der Waals surface area contributed by atoms with E-state index in [9.17, 15) is 14.7 Å². The number of carboxylic acids is 1. The Morgan fingerprint density at radius 1 is 1.32 bits per heavy atom. The van der Waals surface area contributed by atoms with Crippen molar-refractivity contribution in [3.8, 4) is 11.5 Å². The molecule has 0 spiro atoms. The van der Waals surface area contributed by atoms with Crippen LogP contribution < -0.4 is 25.2 Å². The SMILES string of the molecule is O=C1NC(C(=O)[O-])=C[C@@H](c2ccc3c(c2)OCO3)N1. The summed E-state index contributed by atoms with van der Waals surface area (Å²) in [5, 5.41) is 15.6. The molecule has 2 aliphatic heterocycles. The van der Waals surface area contributed by atoms with Crippen LogP contribution in [0, 0.1) is 0 Å². The molecule has 7 heteroatoms. The molecule has 2 N–H and O–H groups in total. The van der Waals surface area contributed by atoms with E-state index in [0.29, 0.717) is 17.1 Å². The van der Waals surface area contributed by atoms with Crippen LogP contribution in [0.4, 0.5) is 4.79 Å². The third-order valence-corrected chi connectivity index (χ3v) is 2.84. The maximum absolute atomic E-state index is 11.4. The van der Waals surface area contributed by atoms with Crippen molar-refractivity contribution in [3.05, 3.63) is 35.5 Å². The molecule has 2 amide bonds. The Morgan fingerprint density at radius 2 is 2.11 bits per heavy atom. The molecule has 0 radical (unpaired) electrons. The summed E-state index contributed by atoms with van der Waals surface area (Å²) < 4.78 is 10.4. The number of carbonyl (C=O) groups excluding carboxylic acids is 2. The zero-order valence-electron chi connectivity index (χ0n) is 9.64. The number of amides is 2. The molecule has 1 atom stereocenters. The fourth-order valence-electron chi connectivity index (χ4n) is 1.95. The van der Waals surface area contributed by atoms with Gasteiger partial charge in [0.05, 0.1) is 17.7 Å². The Balaban J connectivity index is 1.95. The fourth-order valence-corrected chi connectivity index (χ4v) is 1.95. The first-order valence-corrected chi connectivity index (χ1v) is 5.54. The van der Waals surface area contributed by atoms with Gasteiger partial charge in [0.15, 0.2) is 11.5 Å². The van der Waals surface area contributed by atoms with E-state index >= 15 is 0 Å². The van der Waals surface area contributed by atoms with Gasteiger partial charge in [-0.05, 0) is 23.8 Å². The summed E-state index contributed by atoms with van der Waals surface area (Å²) in [6.07, 6.45) is 1.37. The highest BCUT2D eigenvalue weighted by molar-refractivity contribution is 5.92. The van der Waals surface area contributed by atoms with Gasteiger partial charge in [-0.3, -0.25) is 0 Å². The molecule has 2 aliphatic rings. The Morgan fingerprint density at radius 3 is 2.89 bits per heavy atom. The van der Waals surface area contributed by atoms with Crippen LogP contribution in [-0.2, 0) is 4.79 Å². The van der Waals surface area contributed by atoms with Crippen LogP contribution in [0.5, 0.6) is 11.5 Å². The molecule has 0 fully saturated rings. The van der Waals surface area contributed by atoms with Gasteiger partial charge in [0, 0.05) is 0 Å². The molecule has 0 unspecified atom stereocenters. The first-order valence-electron chi connectivity index (χ1n) is 5.54. The minimum Gasteiger partial charge on any atom is -0.543 e. The van der Waals surface area contributed by atoms with E-state index in [0.717, 1.165) is 0 Å². The van der Waals surface area contributed by atoms with Crippen LogP contribution in [0.3, 0.4) is 0 Å². The Labute approximate surface area is 107 Å². The molecule has 0 saturated carbocycles. The minimum atomic E-state index is -1.43. The van der Waals surface area contributed by atoms with Gasteiger partial charge >= 0.3 is 6.03 Å². The predicted octanol–water partition coefficient (Wildman–Crippen LogP) is -0.597. The number of ether oxygens (including phenoxy) is 2. The van der Waals surface area contributed by atoms with Gasteiger partial charge in [-0.2, -0.15) is 0 Å². The summed E-state index contributed by atoms with van der Waals surface area (Å²) in [7, 11) is 0. The number of rotatable bonds is 2. The standard InChI is InChI=1S/C12H10N2O5/c15-11(16)8-4-7(13-12(17)14-8)6-1-2-9-10(3-6)19-5-18-9/h1-4,7H,5H2,(H,15,16)(H2,13,14,17)/p-1/t7-/m0/s1. The predicted molar refractivity (Wildman–Crippen MR) is 60.1 cm³/mol. The highest BCUT2D eigenvalue weighted by atomic mass is 16.7. The van der Waals surface area contributed by atoms with Crippen molar-refractivity contribution in [1.29, 1.82) is 0 Å². The maximum atomic E-state index is 11.4. The molecule has 3 rings (SSSR count). The first kappa shape index (κ1) is 11.4. The molecular weight excluding hydrogens is 252 g/mol. The molecule has 2 heterocycles. The van der Waals surface area contributed by atoms with Gasteiger partial charge in [-0.1, -0.05) is 6.07 Å². The number of urea groups is 1. The third kappa shape index (κ3) is 2.05. The Bertz CT molecular complexity index is 596. The molecule has 0 saturated heterocycles. The van der Waals surface area contributed by atoms with Crippen molar-refractivity contribution >= 4 is 12.0 Å². The molecule has 7 nitrogen and oxygen atoms in total. The highest BCUT2D eigenvalue weighted by Gasteiger charge is 2.22. The number of carbonyl (C=O) groups is 2. The average molecular weight is 261 g/mol. The first-order chi connectivity index (χ1) is 9.13. The van der Waals surface area contributed by atoms with Crippen LogP contribution in [0.1, 0.15) is 11.6 Å². The summed E-state index contributed by atoms with van der Waals surface area (Å²) in [5.41, 5.74) is 0.435. The molecule has 0 aliphatic carbocycles. The zero-order valence-corrected chi connectivity index (χ0v) is 9.64. The topological polar surface area (TPSA) is 99.7 Å². The molecule has 0 aromatic heterocycles. The van der Waals surface area contributed by atoms with E-state index in [1.54, 1.807) is 18.2 Å². The van der Waals surface area contributed by atoms with Crippen molar-refractivity contribution in [2.75, 3.05) is 6.79 Å². The summed E-state index contributed by atoms with van der Waals surface area (Å²) in [6, 6.07) is 3.98. The van der Waals surface area contributed by atoms with Gasteiger partial charge in [-0.25, -0.2) is 4.79 Å². The van der Waals surface area contributed by atoms with Crippen LogP contribution in [0.25, 0.3) is 0 Å². The van der Waals surface area contributed by atoms with E-state index in [4.69, 9.17) is 9.47 Å². The van der Waals surface area contributed by atoms with E-state index < -0.39 is 18.0 Å². The highest BCUT2D eigenvalue weighted by Crippen LogP contribution is 2.34. The van der Waals surface area contributed by atoms with Crippen molar-refractivity contribution in [1.82, 2.24) is 10.6 Å². The fraction of sp³-hybridized carbons (Fsp3) is 0.167. The molecule has 0 bridgehead atoms. The normalized spacial score (nSPS) is 20.3. The maximum Gasteiger partial charge on any atom is 0.320 e. The lowest BCUT2D eigenvalue weighted by Gasteiger charge is -2.24. The molecule has 98 valence electrons. The smallest absolute Gasteiger partial charge is 0.320 e. The number of carboxylic acid groups (broad SMARTS) is 1. The number of nitrogens with one attached hydrogen (secondary N) is 2. The van der Waals surface area contributed by atoms with Crippen LogP contribution in [0.2, 0.25) is 0 Å². The molecule has 1 aromatic carbocycles. The van der Waals surface area contributed by atoms with Gasteiger partial charge in [0.25, 0.3) is 0 Å². The monoisotopic (exact) mass is 261 g/mol. The second-order valence-corrected chi connectivity index (χ2v) is 4.06. The van der Waals surface area contributed by atoms with Crippen LogP contribution in [-0.4, -0.2) is 18.8 Å². The van der Waals surface area contributed by atoms with Crippen LogP contribution >= 0.6 is 0 Å². The summed E-state index contributed by atoms with van der Waals surface area (Å²) in [5.74, 6) is -0.248. The summed E-state index contributed by atoms with van der Waals surface area (Å²) >= 11 is 0. The average Bonchev–Trinajstić information content (AvgIpc) is 2.85. The lowest BCUT2D eigenvalue weighted by molar-refractivity contribution is -0.299. The lowest BCUT2D eigenvalue weighted by atomic mass is 10.0. The zero-order chi connectivity index (χ0) is 13.4. The molecule has 19 heavy (non-hydrogen) atoms. The van der Waals surface area contributed by atoms with E-state index in [1.165, 1.54) is 6.08 Å². The van der Waals surface area contributed by atoms with Gasteiger partial charge < -0.3 is 30.0 Å².